The summed E-state index contributed by atoms with van der Waals surface area (Å²) in [5, 5.41) is 3.52. The minimum atomic E-state index is 0.250. The number of rotatable bonds is 6. The molecule has 2 aromatic rings. The van der Waals surface area contributed by atoms with Crippen LogP contribution in [0.4, 0.5) is 0 Å². The summed E-state index contributed by atoms with van der Waals surface area (Å²) < 4.78 is 7.74. The van der Waals surface area contributed by atoms with E-state index in [2.05, 4.69) is 55.2 Å². The minimum absolute atomic E-state index is 0.250. The summed E-state index contributed by atoms with van der Waals surface area (Å²) in [5.41, 5.74) is 2.34. The standard InChI is InChI=1S/C16H18Br2N2O/c1-3-21-16-13(8-14(17)9-15(16)18)10-20-11(2)12-4-6-19-7-5-12/h4-9,11,20H,3,10H2,1-2H3. The topological polar surface area (TPSA) is 34.1 Å². The molecule has 1 aromatic carbocycles. The molecule has 1 N–H and O–H groups in total. The van der Waals surface area contributed by atoms with E-state index in [9.17, 15) is 0 Å². The number of halogens is 2. The molecule has 0 saturated heterocycles. The normalized spacial score (nSPS) is 12.2. The Bertz CT molecular complexity index is 590. The number of ether oxygens (including phenoxy) is 1. The predicted molar refractivity (Wildman–Crippen MR) is 92.5 cm³/mol. The Balaban J connectivity index is 2.12. The predicted octanol–water partition coefficient (Wildman–Crippen LogP) is 4.86. The maximum Gasteiger partial charge on any atom is 0.138 e. The Hall–Kier alpha value is -0.910. The van der Waals surface area contributed by atoms with E-state index in [1.54, 1.807) is 0 Å². The molecule has 0 spiro atoms. The Morgan fingerprint density at radius 1 is 1.24 bits per heavy atom. The van der Waals surface area contributed by atoms with Gasteiger partial charge in [0.15, 0.2) is 0 Å². The second-order valence-electron chi connectivity index (χ2n) is 4.69. The van der Waals surface area contributed by atoms with Gasteiger partial charge >= 0.3 is 0 Å². The molecule has 0 amide bonds. The second-order valence-corrected chi connectivity index (χ2v) is 6.46. The van der Waals surface area contributed by atoms with Crippen LogP contribution in [0.5, 0.6) is 5.75 Å². The highest BCUT2D eigenvalue weighted by atomic mass is 79.9. The zero-order valence-corrected chi connectivity index (χ0v) is 15.2. The summed E-state index contributed by atoms with van der Waals surface area (Å²) in [4.78, 5) is 4.05. The van der Waals surface area contributed by atoms with Crippen molar-refractivity contribution in [1.82, 2.24) is 10.3 Å². The first-order valence-corrected chi connectivity index (χ1v) is 8.44. The molecule has 1 atom stereocenters. The van der Waals surface area contributed by atoms with Crippen LogP contribution in [0, 0.1) is 0 Å². The van der Waals surface area contributed by atoms with Gasteiger partial charge in [0, 0.05) is 35.0 Å². The zero-order chi connectivity index (χ0) is 15.2. The van der Waals surface area contributed by atoms with Crippen LogP contribution in [0.1, 0.15) is 31.0 Å². The quantitative estimate of drug-likeness (QED) is 0.734. The lowest BCUT2D eigenvalue weighted by molar-refractivity contribution is 0.332. The van der Waals surface area contributed by atoms with Crippen LogP contribution in [0.25, 0.3) is 0 Å². The number of pyridine rings is 1. The molecule has 0 radical (unpaired) electrons. The van der Waals surface area contributed by atoms with Crippen molar-refractivity contribution in [1.29, 1.82) is 0 Å². The first-order chi connectivity index (χ1) is 10.1. The van der Waals surface area contributed by atoms with Crippen molar-refractivity contribution >= 4 is 31.9 Å². The number of nitrogens with one attached hydrogen (secondary N) is 1. The lowest BCUT2D eigenvalue weighted by Gasteiger charge is -2.17. The van der Waals surface area contributed by atoms with E-state index in [-0.39, 0.29) is 6.04 Å². The highest BCUT2D eigenvalue weighted by Gasteiger charge is 2.11. The second kappa shape index (κ2) is 7.92. The fraction of sp³-hybridized carbons (Fsp3) is 0.312. The molecule has 1 aromatic heterocycles. The van der Waals surface area contributed by atoms with E-state index in [4.69, 9.17) is 4.74 Å². The van der Waals surface area contributed by atoms with Crippen molar-refractivity contribution in [2.45, 2.75) is 26.4 Å². The summed E-state index contributed by atoms with van der Waals surface area (Å²) in [6.45, 7) is 5.51. The van der Waals surface area contributed by atoms with E-state index in [0.29, 0.717) is 6.61 Å². The first kappa shape index (κ1) is 16.5. The third-order valence-electron chi connectivity index (χ3n) is 3.18. The lowest BCUT2D eigenvalue weighted by Crippen LogP contribution is -2.18. The van der Waals surface area contributed by atoms with Gasteiger partial charge in [-0.3, -0.25) is 4.98 Å². The molecule has 5 heteroatoms. The van der Waals surface area contributed by atoms with Gasteiger partial charge in [-0.2, -0.15) is 0 Å². The largest absolute Gasteiger partial charge is 0.492 e. The fourth-order valence-electron chi connectivity index (χ4n) is 2.08. The minimum Gasteiger partial charge on any atom is -0.492 e. The van der Waals surface area contributed by atoms with Gasteiger partial charge in [0.25, 0.3) is 0 Å². The molecule has 112 valence electrons. The van der Waals surface area contributed by atoms with Crippen LogP contribution in [-0.2, 0) is 6.54 Å². The molecular weight excluding hydrogens is 396 g/mol. The highest BCUT2D eigenvalue weighted by Crippen LogP contribution is 2.33. The summed E-state index contributed by atoms with van der Waals surface area (Å²) >= 11 is 7.09. The van der Waals surface area contributed by atoms with Crippen molar-refractivity contribution in [2.24, 2.45) is 0 Å². The fourth-order valence-corrected chi connectivity index (χ4v) is 3.51. The Kier molecular flexibility index (Phi) is 6.21. The number of aromatic nitrogens is 1. The molecule has 0 fully saturated rings. The van der Waals surface area contributed by atoms with Crippen LogP contribution in [0.15, 0.2) is 45.6 Å². The van der Waals surface area contributed by atoms with Crippen molar-refractivity contribution in [3.05, 3.63) is 56.7 Å². The monoisotopic (exact) mass is 412 g/mol. The molecule has 0 bridgehead atoms. The van der Waals surface area contributed by atoms with Crippen LogP contribution in [-0.4, -0.2) is 11.6 Å². The van der Waals surface area contributed by atoms with Crippen LogP contribution in [0.3, 0.4) is 0 Å². The smallest absolute Gasteiger partial charge is 0.138 e. The van der Waals surface area contributed by atoms with Crippen LogP contribution in [0.2, 0.25) is 0 Å². The lowest BCUT2D eigenvalue weighted by atomic mass is 10.1. The highest BCUT2D eigenvalue weighted by molar-refractivity contribution is 9.11. The van der Waals surface area contributed by atoms with Gasteiger partial charge in [0.1, 0.15) is 5.75 Å². The van der Waals surface area contributed by atoms with E-state index in [0.717, 1.165) is 26.8 Å². The van der Waals surface area contributed by atoms with Crippen LogP contribution < -0.4 is 10.1 Å². The maximum absolute atomic E-state index is 5.74. The molecular formula is C16H18Br2N2O. The SMILES string of the molecule is CCOc1c(Br)cc(Br)cc1CNC(C)c1ccncc1. The van der Waals surface area contributed by atoms with Gasteiger partial charge in [-0.05, 0) is 59.6 Å². The molecule has 3 nitrogen and oxygen atoms in total. The third-order valence-corrected chi connectivity index (χ3v) is 4.23. The Labute approximate surface area is 142 Å². The van der Waals surface area contributed by atoms with E-state index in [1.165, 1.54) is 5.56 Å². The van der Waals surface area contributed by atoms with Gasteiger partial charge in [0.2, 0.25) is 0 Å². The zero-order valence-electron chi connectivity index (χ0n) is 12.1. The van der Waals surface area contributed by atoms with Crippen molar-refractivity contribution in [2.75, 3.05) is 6.61 Å². The molecule has 1 heterocycles. The van der Waals surface area contributed by atoms with Gasteiger partial charge in [-0.15, -0.1) is 0 Å². The third kappa shape index (κ3) is 4.53. The molecule has 0 aliphatic heterocycles. The van der Waals surface area contributed by atoms with Gasteiger partial charge in [-0.25, -0.2) is 0 Å². The van der Waals surface area contributed by atoms with E-state index >= 15 is 0 Å². The summed E-state index contributed by atoms with van der Waals surface area (Å²) in [6, 6.07) is 8.39. The molecule has 2 rings (SSSR count). The summed E-state index contributed by atoms with van der Waals surface area (Å²) in [6.07, 6.45) is 3.63. The van der Waals surface area contributed by atoms with Crippen molar-refractivity contribution in [3.8, 4) is 5.75 Å². The molecule has 1 unspecified atom stereocenters. The summed E-state index contributed by atoms with van der Waals surface area (Å²) in [7, 11) is 0. The van der Waals surface area contributed by atoms with Crippen LogP contribution >= 0.6 is 31.9 Å². The number of hydrogen-bond acceptors (Lipinski definition) is 3. The van der Waals surface area contributed by atoms with Crippen molar-refractivity contribution in [3.63, 3.8) is 0 Å². The van der Waals surface area contributed by atoms with E-state index < -0.39 is 0 Å². The average molecular weight is 414 g/mol. The van der Waals surface area contributed by atoms with Gasteiger partial charge in [0.05, 0.1) is 11.1 Å². The molecule has 0 saturated carbocycles. The number of hydrogen-bond donors (Lipinski definition) is 1. The molecule has 0 aliphatic rings. The summed E-state index contributed by atoms with van der Waals surface area (Å²) in [5.74, 6) is 0.898. The number of nitrogens with zero attached hydrogens (tertiary/aromatic N) is 1. The van der Waals surface area contributed by atoms with Gasteiger partial charge in [-0.1, -0.05) is 15.9 Å². The first-order valence-electron chi connectivity index (χ1n) is 6.85. The Morgan fingerprint density at radius 3 is 2.62 bits per heavy atom. The number of benzene rings is 1. The van der Waals surface area contributed by atoms with Gasteiger partial charge < -0.3 is 10.1 Å². The maximum atomic E-state index is 5.74. The molecule has 21 heavy (non-hydrogen) atoms. The van der Waals surface area contributed by atoms with E-state index in [1.807, 2.05) is 37.5 Å². The molecule has 0 aliphatic carbocycles. The van der Waals surface area contributed by atoms with Crippen molar-refractivity contribution < 1.29 is 4.74 Å². The average Bonchev–Trinajstić information content (AvgIpc) is 2.48. The Morgan fingerprint density at radius 2 is 1.95 bits per heavy atom.